The molecule has 40 heteroatoms. The molecule has 9 atom stereocenters. The van der Waals surface area contributed by atoms with E-state index in [0.29, 0.717) is 126 Å². The van der Waals surface area contributed by atoms with Crippen LogP contribution >= 0.6 is 0 Å². The molecular formula is C85H117N12O27W-. The molecule has 12 N–H and O–H groups in total. The number of anilines is 2. The molecule has 0 spiro atoms. The van der Waals surface area contributed by atoms with Crippen molar-refractivity contribution in [3.05, 3.63) is 117 Å². The van der Waals surface area contributed by atoms with Crippen LogP contribution < -0.4 is 42.2 Å². The van der Waals surface area contributed by atoms with Gasteiger partial charge in [0.25, 0.3) is 5.56 Å². The molecule has 0 radical (unpaired) electrons. The Labute approximate surface area is 737 Å². The van der Waals surface area contributed by atoms with Gasteiger partial charge >= 0.3 is 18.0 Å². The molecule has 6 amide bonds. The Morgan fingerprint density at radius 2 is 1.37 bits per heavy atom. The number of phenols is 1. The molecule has 3 aromatic carbocycles. The number of unbranched alkanes of at least 4 members (excludes halogenated alkanes) is 1. The number of hydrogen-bond donors (Lipinski definition) is 12. The maximum atomic E-state index is 14.5. The number of benzene rings is 3. The fourth-order valence-electron chi connectivity index (χ4n) is 14.4. The van der Waals surface area contributed by atoms with Crippen molar-refractivity contribution in [2.24, 2.45) is 5.92 Å². The molecule has 6 aromatic rings. The summed E-state index contributed by atoms with van der Waals surface area (Å²) in [5.41, 5.74) is 3.71. The summed E-state index contributed by atoms with van der Waals surface area (Å²) >= 11 is 0. The maximum Gasteiger partial charge on any atom is 0.410 e. The molecule has 10 rings (SSSR count). The average Bonchev–Trinajstić information content (AvgIpc) is 1.61. The number of phenolic OH excluding ortho intramolecular Hbond substituents is 1. The minimum Gasteiger partial charge on any atom is -0.508 e. The monoisotopic (exact) mass is 1920 g/mol. The Morgan fingerprint density at radius 3 is 1.99 bits per heavy atom. The number of carbonyl (C=O) groups excluding carboxylic acids is 7. The Hall–Kier alpha value is -9.52. The third-order valence-electron chi connectivity index (χ3n) is 21.6. The predicted octanol–water partition coefficient (Wildman–Crippen LogP) is 2.61. The van der Waals surface area contributed by atoms with Crippen molar-refractivity contribution in [3.8, 4) is 22.9 Å². The molecule has 125 heavy (non-hydrogen) atoms. The number of aromatic hydroxyl groups is 1. The molecule has 0 bridgehead atoms. The number of cyclic esters (lactones) is 1. The van der Waals surface area contributed by atoms with Crippen LogP contribution in [0.2, 0.25) is 0 Å². The number of carboxylic acid groups (broad SMARTS) is 1. The van der Waals surface area contributed by atoms with Gasteiger partial charge in [0.05, 0.1) is 140 Å². The van der Waals surface area contributed by atoms with E-state index in [4.69, 9.17) is 61.8 Å². The number of nitrogens with one attached hydrogen (secondary N) is 6. The number of rotatable bonds is 49. The number of fused-ring (bicyclic) bond motifs is 8. The quantitative estimate of drug-likeness (QED) is 0.0148. The first-order chi connectivity index (χ1) is 59.4. The molecule has 4 aliphatic rings. The minimum absolute atomic E-state index is 0. The van der Waals surface area contributed by atoms with E-state index in [1.54, 1.807) is 53.0 Å². The summed E-state index contributed by atoms with van der Waals surface area (Å²) in [6, 6.07) is 11.9. The molecule has 0 saturated carbocycles. The van der Waals surface area contributed by atoms with Crippen LogP contribution in [0.25, 0.3) is 33.2 Å². The number of methoxy groups -OCH3 is 1. The molecule has 686 valence electrons. The molecule has 1 saturated heterocycles. The number of aliphatic hydroxyl groups is 4. The summed E-state index contributed by atoms with van der Waals surface area (Å²) in [6.45, 7) is 17.0. The number of aryl methyl sites for hydroxylation is 1. The van der Waals surface area contributed by atoms with Gasteiger partial charge in [-0.25, -0.2) is 19.4 Å². The second kappa shape index (κ2) is 47.3. The number of esters is 1. The number of amides is 6. The van der Waals surface area contributed by atoms with Crippen LogP contribution in [0.1, 0.15) is 113 Å². The van der Waals surface area contributed by atoms with Crippen LogP contribution in [-0.4, -0.2) is 296 Å². The Bertz CT molecular complexity index is 4760. The van der Waals surface area contributed by atoms with Crippen LogP contribution in [0.4, 0.5) is 16.2 Å². The van der Waals surface area contributed by atoms with Crippen molar-refractivity contribution in [3.63, 3.8) is 0 Å². The normalized spacial score (nSPS) is 18.6. The van der Waals surface area contributed by atoms with E-state index < -0.39 is 120 Å². The van der Waals surface area contributed by atoms with Gasteiger partial charge < -0.3 is 133 Å². The molecule has 3 aromatic heterocycles. The fourth-order valence-corrected chi connectivity index (χ4v) is 14.4. The van der Waals surface area contributed by atoms with E-state index in [9.17, 15) is 73.8 Å². The largest absolute Gasteiger partial charge is 0.508 e. The first-order valence-electron chi connectivity index (χ1n) is 41.5. The van der Waals surface area contributed by atoms with Crippen molar-refractivity contribution in [2.75, 3.05) is 145 Å². The number of aromatic nitrogens is 3. The van der Waals surface area contributed by atoms with Gasteiger partial charge in [-0.05, 0) is 120 Å². The zero-order chi connectivity index (χ0) is 89.5. The number of carboxylic acids is 1. The van der Waals surface area contributed by atoms with Gasteiger partial charge in [0, 0.05) is 109 Å². The van der Waals surface area contributed by atoms with Crippen molar-refractivity contribution in [2.45, 2.75) is 174 Å². The van der Waals surface area contributed by atoms with Crippen LogP contribution in [0.15, 0.2) is 65.5 Å². The van der Waals surface area contributed by atoms with Gasteiger partial charge in [-0.2, -0.15) is 0 Å². The maximum absolute atomic E-state index is 14.5. The third-order valence-corrected chi connectivity index (χ3v) is 21.6. The molecule has 39 nitrogen and oxygen atoms in total. The van der Waals surface area contributed by atoms with E-state index >= 15 is 0 Å². The van der Waals surface area contributed by atoms with Crippen LogP contribution in [0.3, 0.4) is 0 Å². The van der Waals surface area contributed by atoms with Crippen LogP contribution in [0, 0.1) is 12.5 Å². The summed E-state index contributed by atoms with van der Waals surface area (Å²) in [7, 11) is 7.44. The smallest absolute Gasteiger partial charge is 0.410 e. The van der Waals surface area contributed by atoms with E-state index in [-0.39, 0.29) is 138 Å². The third kappa shape index (κ3) is 26.1. The van der Waals surface area contributed by atoms with E-state index in [0.717, 1.165) is 27.8 Å². The summed E-state index contributed by atoms with van der Waals surface area (Å²) in [6.07, 6.45) is -10.5. The van der Waals surface area contributed by atoms with Crippen molar-refractivity contribution in [1.82, 2.24) is 50.3 Å². The Morgan fingerprint density at radius 1 is 0.720 bits per heavy atom. The number of nitrogens with zero attached hydrogens (tertiary/aromatic N) is 6. The molecular weight excluding hydrogens is 1800 g/mol. The second-order valence-electron chi connectivity index (χ2n) is 31.3. The summed E-state index contributed by atoms with van der Waals surface area (Å²) in [4.78, 5) is 130. The first-order valence-corrected chi connectivity index (χ1v) is 41.5. The molecule has 1 fully saturated rings. The number of hydrazine groups is 1. The number of carbonyl (C=O) groups is 8. The van der Waals surface area contributed by atoms with Gasteiger partial charge in [0.15, 0.2) is 11.7 Å². The minimum atomic E-state index is -2.12. The summed E-state index contributed by atoms with van der Waals surface area (Å²) in [5, 5.41) is 87.5. The van der Waals surface area contributed by atoms with Gasteiger partial charge in [-0.3, -0.25) is 38.8 Å². The zero-order valence-corrected chi connectivity index (χ0v) is 75.0. The van der Waals surface area contributed by atoms with Gasteiger partial charge in [0.2, 0.25) is 35.8 Å². The molecule has 0 aliphatic carbocycles. The van der Waals surface area contributed by atoms with E-state index in [2.05, 4.69) is 54.1 Å². The number of hydrogen-bond acceptors (Lipinski definition) is 30. The van der Waals surface area contributed by atoms with Gasteiger partial charge in [0.1, 0.15) is 61.2 Å². The average molecular weight is 1920 g/mol. The SMILES string of the molecule is CNc1ccc2c(c1)c1c(n2CCC(=O)NCCCC[C@H](NC(=O)CCOCCOCCOCCOCCOCCOCCOCCOC)C(=O)N[C@H](C(=O)N[C@@H](C)C(=O)Nc2ccc(COC(=O)N(Cc3c(O)ccc4nc5c(cc34)Cn3c-5cc4c(c3=O)COC(=O)[C@@]4(C)O)C(C)C)cc2O[C@@H]2O[C@H](C(=O)O)[C@@H](O)[C@H](O)[C@H]2O)C(C)C)CN(C)N(C)[CH-]1.[W]. The second-order valence-corrected chi connectivity index (χ2v) is 31.3. The number of pyridine rings is 2. The summed E-state index contributed by atoms with van der Waals surface area (Å²) in [5.74, 6) is -6.93. The topological polar surface area (TPSA) is 490 Å². The number of aliphatic hydroxyl groups excluding tert-OH is 3. The Balaban J connectivity index is 0.0000177. The number of ether oxygens (including phenoxy) is 12. The van der Waals surface area contributed by atoms with Gasteiger partial charge in [-0.1, -0.05) is 31.7 Å². The number of aliphatic carboxylic acids is 1. The first kappa shape index (κ1) is 99.3. The van der Waals surface area contributed by atoms with Gasteiger partial charge in [-0.15, -0.1) is 17.5 Å². The van der Waals surface area contributed by atoms with Crippen molar-refractivity contribution >= 4 is 80.7 Å². The molecule has 0 unspecified atom stereocenters. The van der Waals surface area contributed by atoms with E-state index in [1.807, 2.05) is 38.3 Å². The van der Waals surface area contributed by atoms with Crippen LogP contribution in [-0.2, 0) is 152 Å². The van der Waals surface area contributed by atoms with Crippen molar-refractivity contribution in [1.29, 1.82) is 0 Å². The van der Waals surface area contributed by atoms with Crippen LogP contribution in [0.5, 0.6) is 11.5 Å². The van der Waals surface area contributed by atoms with Crippen molar-refractivity contribution < 1.29 is 147 Å². The molecule has 7 heterocycles. The zero-order valence-electron chi connectivity index (χ0n) is 72.1. The molecule has 4 aliphatic heterocycles. The standard InChI is InChI=1S/C85H117N12O27.W/c1-49(2)71(92-78(105)63(89-70(100)21-24-114-27-28-116-31-32-118-35-36-120-38-37-119-34-33-117-30-29-115-26-25-113-10)13-11-12-22-87-69(99)20-23-95-64-18-15-54(86-7)41-56(64)57-44-93(8)94(9)46-66(57)95)79(106)88-51(5)77(104)91-62-16-14-52(39-68(62)123-82-75(103)73(101)74(102)76(124-82)81(108)109)47-122-84(111)96(50(3)4)45-58-55-40-53-43-97-65(72(53)90-61(55)17-19-67(58)98)42-60-59(80(97)107)48-121-83(110)85(60,6)112;/h14-19,39-42,44,49-51,63,71,73-76,82,86,98,101-103,112H,11-13,20-38,43,45-48H2,1-10H3,(H,87,99)(H,88,106)(H,89,100)(H,91,104)(H,92,105)(H,108,109);/q-1;/t51-,63-,71-,73-,74-,75+,76-,82+,85-;/m0./s1. The fraction of sp³-hybridized carbons (Fsp3) is 0.565. The Kier molecular flexibility index (Phi) is 37.6. The van der Waals surface area contributed by atoms with E-state index in [1.165, 1.54) is 47.6 Å². The predicted molar refractivity (Wildman–Crippen MR) is 447 cm³/mol. The summed E-state index contributed by atoms with van der Waals surface area (Å²) < 4.78 is 69.8.